The second-order valence-corrected chi connectivity index (χ2v) is 10.3. The monoisotopic (exact) mass is 557 g/mol. The van der Waals surface area contributed by atoms with Crippen LogP contribution >= 0.6 is 11.9 Å². The number of carbonyl (C=O) groups is 1. The Labute approximate surface area is 241 Å². The summed E-state index contributed by atoms with van der Waals surface area (Å²) in [5.41, 5.74) is 8.39. The summed E-state index contributed by atoms with van der Waals surface area (Å²) in [5.74, 6) is 0.625. The topological polar surface area (TPSA) is 87.6 Å². The van der Waals surface area contributed by atoms with Gasteiger partial charge in [-0.3, -0.25) is 14.5 Å². The minimum absolute atomic E-state index is 0.146. The van der Waals surface area contributed by atoms with Gasteiger partial charge >= 0.3 is 5.24 Å². The molecule has 0 radical (unpaired) electrons. The predicted molar refractivity (Wildman–Crippen MR) is 169 cm³/mol. The maximum atomic E-state index is 13.5. The molecule has 0 saturated heterocycles. The van der Waals surface area contributed by atoms with Gasteiger partial charge in [0, 0.05) is 66.2 Å². The Hall–Kier alpha value is -3.75. The summed E-state index contributed by atoms with van der Waals surface area (Å²) in [6, 6.07) is 19.5. The molecule has 0 aliphatic carbocycles. The molecule has 0 atom stereocenters. The molecule has 3 N–H and O–H groups in total. The third-order valence-corrected chi connectivity index (χ3v) is 7.86. The number of rotatable bonds is 9. The minimum Gasteiger partial charge on any atom is -0.508 e. The van der Waals surface area contributed by atoms with Crippen molar-refractivity contribution < 1.29 is 9.90 Å². The maximum Gasteiger partial charge on any atom is 0.306 e. The average Bonchev–Trinajstić information content (AvgIpc) is 3.34. The summed E-state index contributed by atoms with van der Waals surface area (Å²) in [5, 5.41) is 15.5. The van der Waals surface area contributed by atoms with Crippen LogP contribution in [0.25, 0.3) is 33.9 Å². The molecule has 0 saturated carbocycles. The molecule has 0 amide bonds. The van der Waals surface area contributed by atoms with Gasteiger partial charge in [-0.25, -0.2) is 4.98 Å². The lowest BCUT2D eigenvalue weighted by atomic mass is 9.97. The first-order chi connectivity index (χ1) is 19.3. The standard InChI is InChI=1S/C32H39N5O2S/c1-7-35(8-2)24-13-17-27(21(5)19-24)29-30(28-18-14-25(20-22(28)6)36(9-3)10-4)37(32(39)40-33)31(34-29)23-11-15-26(38)16-12-23/h11-20,38H,7-10,33H2,1-6H3. The summed E-state index contributed by atoms with van der Waals surface area (Å²) in [6.45, 7) is 16.4. The van der Waals surface area contributed by atoms with E-state index in [1.807, 2.05) is 0 Å². The third kappa shape index (κ3) is 5.60. The van der Waals surface area contributed by atoms with Crippen molar-refractivity contribution in [1.29, 1.82) is 0 Å². The molecule has 0 spiro atoms. The van der Waals surface area contributed by atoms with Gasteiger partial charge in [0.05, 0.1) is 11.4 Å². The number of aryl methyl sites for hydroxylation is 2. The quantitative estimate of drug-likeness (QED) is 0.206. The van der Waals surface area contributed by atoms with Gasteiger partial charge < -0.3 is 14.9 Å². The van der Waals surface area contributed by atoms with Crippen molar-refractivity contribution in [3.8, 4) is 39.7 Å². The molecule has 4 aromatic rings. The van der Waals surface area contributed by atoms with Gasteiger partial charge in [-0.15, -0.1) is 0 Å². The average molecular weight is 558 g/mol. The van der Waals surface area contributed by atoms with E-state index in [1.165, 1.54) is 0 Å². The number of phenols is 1. The summed E-state index contributed by atoms with van der Waals surface area (Å²) < 4.78 is 1.61. The van der Waals surface area contributed by atoms with E-state index >= 15 is 0 Å². The van der Waals surface area contributed by atoms with Crippen LogP contribution in [0.5, 0.6) is 5.75 Å². The smallest absolute Gasteiger partial charge is 0.306 e. The number of anilines is 2. The molecular formula is C32H39N5O2S. The van der Waals surface area contributed by atoms with Gasteiger partial charge in [-0.1, -0.05) is 12.1 Å². The van der Waals surface area contributed by atoms with Gasteiger partial charge in [0.2, 0.25) is 0 Å². The van der Waals surface area contributed by atoms with Gasteiger partial charge in [-0.2, -0.15) is 0 Å². The van der Waals surface area contributed by atoms with E-state index in [0.29, 0.717) is 34.7 Å². The molecule has 210 valence electrons. The fourth-order valence-corrected chi connectivity index (χ4v) is 5.57. The second-order valence-electron chi connectivity index (χ2n) is 9.74. The maximum absolute atomic E-state index is 13.5. The molecule has 1 aromatic heterocycles. The Kier molecular flexibility index (Phi) is 9.22. The molecule has 0 aliphatic heterocycles. The number of imidazole rings is 1. The number of nitrogens with two attached hydrogens (primary N) is 1. The SMILES string of the molecule is CCN(CC)c1ccc(-c2nc(-c3ccc(O)cc3)n(C(=O)SN)c2-c2ccc(N(CC)CC)cc2C)c(C)c1. The molecule has 7 nitrogen and oxygen atoms in total. The van der Waals surface area contributed by atoms with Crippen LogP contribution in [0, 0.1) is 13.8 Å². The lowest BCUT2D eigenvalue weighted by Gasteiger charge is -2.23. The number of hydrogen-bond acceptors (Lipinski definition) is 7. The number of aromatic hydroxyl groups is 1. The summed E-state index contributed by atoms with van der Waals surface area (Å²) in [6.07, 6.45) is 0. The summed E-state index contributed by atoms with van der Waals surface area (Å²) >= 11 is 0.665. The molecule has 0 bridgehead atoms. The van der Waals surface area contributed by atoms with Crippen molar-refractivity contribution in [2.24, 2.45) is 5.14 Å². The van der Waals surface area contributed by atoms with E-state index in [-0.39, 0.29) is 11.0 Å². The highest BCUT2D eigenvalue weighted by atomic mass is 32.2. The first kappa shape index (κ1) is 29.2. The number of nitrogens with zero attached hydrogens (tertiary/aromatic N) is 4. The fourth-order valence-electron chi connectivity index (χ4n) is 5.29. The van der Waals surface area contributed by atoms with Crippen molar-refractivity contribution >= 4 is 28.6 Å². The Balaban J connectivity index is 2.04. The van der Waals surface area contributed by atoms with Gasteiger partial charge in [-0.05, 0) is 101 Å². The molecular weight excluding hydrogens is 518 g/mol. The second kappa shape index (κ2) is 12.6. The number of aromatic nitrogens is 2. The van der Waals surface area contributed by atoms with Crippen LogP contribution in [0.4, 0.5) is 16.2 Å². The third-order valence-electron chi connectivity index (χ3n) is 7.47. The summed E-state index contributed by atoms with van der Waals surface area (Å²) in [4.78, 5) is 23.2. The number of benzene rings is 3. The normalized spacial score (nSPS) is 11.1. The molecule has 4 rings (SSSR count). The molecule has 0 aliphatic rings. The van der Waals surface area contributed by atoms with Crippen molar-refractivity contribution in [2.75, 3.05) is 36.0 Å². The van der Waals surface area contributed by atoms with Crippen LogP contribution in [-0.4, -0.2) is 46.1 Å². The van der Waals surface area contributed by atoms with Crippen LogP contribution in [0.3, 0.4) is 0 Å². The van der Waals surface area contributed by atoms with Crippen molar-refractivity contribution in [3.05, 3.63) is 71.8 Å². The zero-order valence-electron chi connectivity index (χ0n) is 24.2. The molecule has 0 fully saturated rings. The van der Waals surface area contributed by atoms with E-state index in [2.05, 4.69) is 87.7 Å². The fraction of sp³-hybridized carbons (Fsp3) is 0.312. The molecule has 1 heterocycles. The van der Waals surface area contributed by atoms with Crippen LogP contribution in [0.1, 0.15) is 38.8 Å². The highest BCUT2D eigenvalue weighted by Crippen LogP contribution is 2.41. The zero-order valence-corrected chi connectivity index (χ0v) is 25.0. The Morgan fingerprint density at radius 1 is 0.825 bits per heavy atom. The van der Waals surface area contributed by atoms with E-state index in [0.717, 1.165) is 59.8 Å². The van der Waals surface area contributed by atoms with E-state index in [4.69, 9.17) is 10.1 Å². The van der Waals surface area contributed by atoms with E-state index < -0.39 is 0 Å². The van der Waals surface area contributed by atoms with Crippen LogP contribution in [-0.2, 0) is 0 Å². The largest absolute Gasteiger partial charge is 0.508 e. The van der Waals surface area contributed by atoms with Gasteiger partial charge in [0.1, 0.15) is 11.6 Å². The van der Waals surface area contributed by atoms with Crippen molar-refractivity contribution in [3.63, 3.8) is 0 Å². The highest BCUT2D eigenvalue weighted by molar-refractivity contribution is 8.11. The lowest BCUT2D eigenvalue weighted by Crippen LogP contribution is -2.21. The van der Waals surface area contributed by atoms with Crippen LogP contribution < -0.4 is 14.9 Å². The number of carbonyl (C=O) groups excluding carboxylic acids is 1. The molecule has 0 unspecified atom stereocenters. The van der Waals surface area contributed by atoms with Crippen LogP contribution in [0.15, 0.2) is 60.7 Å². The predicted octanol–water partition coefficient (Wildman–Crippen LogP) is 7.47. The van der Waals surface area contributed by atoms with Crippen molar-refractivity contribution in [2.45, 2.75) is 41.5 Å². The minimum atomic E-state index is -0.332. The van der Waals surface area contributed by atoms with Gasteiger partial charge in [0.25, 0.3) is 0 Å². The van der Waals surface area contributed by atoms with Crippen molar-refractivity contribution in [1.82, 2.24) is 9.55 Å². The van der Waals surface area contributed by atoms with Gasteiger partial charge in [0.15, 0.2) is 0 Å². The highest BCUT2D eigenvalue weighted by Gasteiger charge is 2.27. The molecule has 40 heavy (non-hydrogen) atoms. The van der Waals surface area contributed by atoms with E-state index in [1.54, 1.807) is 28.8 Å². The Morgan fingerprint density at radius 3 is 1.77 bits per heavy atom. The first-order valence-electron chi connectivity index (χ1n) is 13.8. The van der Waals surface area contributed by atoms with E-state index in [9.17, 15) is 9.90 Å². The molecule has 3 aromatic carbocycles. The zero-order chi connectivity index (χ0) is 29.0. The Morgan fingerprint density at radius 2 is 1.32 bits per heavy atom. The number of hydrogen-bond donors (Lipinski definition) is 2. The summed E-state index contributed by atoms with van der Waals surface area (Å²) in [7, 11) is 0. The first-order valence-corrected chi connectivity index (χ1v) is 14.7. The molecule has 8 heteroatoms. The Bertz CT molecular complexity index is 1490. The lowest BCUT2D eigenvalue weighted by molar-refractivity contribution is 0.262. The number of phenolic OH excluding ortho intramolecular Hbond substituents is 1. The van der Waals surface area contributed by atoms with Crippen LogP contribution in [0.2, 0.25) is 0 Å².